The molecule has 0 rings (SSSR count). The van der Waals surface area contributed by atoms with Crippen LogP contribution in [0.2, 0.25) is 0 Å². The minimum Gasteiger partial charge on any atom is -0.152 e. The van der Waals surface area contributed by atoms with Gasteiger partial charge in [-0.3, -0.25) is 0 Å². The molecule has 0 aliphatic heterocycles. The Hall–Kier alpha value is 3.14. The van der Waals surface area contributed by atoms with E-state index in [9.17, 15) is 50.4 Å². The average molecular weight is 494 g/mol. The summed E-state index contributed by atoms with van der Waals surface area (Å²) in [6.07, 6.45) is 0. The predicted octanol–water partition coefficient (Wildman–Crippen LogP) is 8.10. The first-order chi connectivity index (χ1) is 6.93. The van der Waals surface area contributed by atoms with Crippen LogP contribution < -0.4 is 0 Å². The molecule has 0 saturated carbocycles. The first kappa shape index (κ1) is 37.4. The smallest absolute Gasteiger partial charge is 0.152 e. The molecule has 18 heavy (non-hydrogen) atoms. The van der Waals surface area contributed by atoms with Gasteiger partial charge in [-0.25, -0.2) is 0 Å². The maximum Gasteiger partial charge on any atom is 0.456 e. The van der Waals surface area contributed by atoms with Crippen molar-refractivity contribution in [1.29, 1.82) is 0 Å². The van der Waals surface area contributed by atoms with Gasteiger partial charge in [-0.1, -0.05) is 0 Å². The Morgan fingerprint density at radius 3 is 0.333 bits per heavy atom. The van der Waals surface area contributed by atoms with Crippen molar-refractivity contribution in [2.75, 3.05) is 0 Å². The Morgan fingerprint density at radius 2 is 0.333 bits per heavy atom. The summed E-state index contributed by atoms with van der Waals surface area (Å²) in [5, 5.41) is 0. The summed E-state index contributed by atoms with van der Waals surface area (Å²) in [4.78, 5) is 0. The van der Waals surface area contributed by atoms with Crippen LogP contribution in [0.5, 0.6) is 0 Å². The molecule has 0 aromatic heterocycles. The molecule has 0 fully saturated rings. The molecule has 18 heteroatoms. The molecule has 0 N–H and O–H groups in total. The summed E-state index contributed by atoms with van der Waals surface area (Å²) in [6.45, 7) is 0. The first-order valence-corrected chi connectivity index (χ1v) is 6.09. The number of rotatable bonds is 0. The Balaban J connectivity index is -0.0000000257. The monoisotopic (exact) mass is 494 g/mol. The molecule has 0 unspecified atom stereocenters. The Kier molecular flexibility index (Phi) is 66.9. The molecule has 0 aromatic rings. The van der Waals surface area contributed by atoms with E-state index in [4.69, 9.17) is 0 Å². The van der Waals surface area contributed by atoms with E-state index in [1.54, 1.807) is 0 Å². The number of hydrogen-bond donors (Lipinski definition) is 0. The molecule has 0 nitrogen and oxygen atoms in total. The summed E-state index contributed by atoms with van der Waals surface area (Å²) in [7, 11) is -16.5. The molecule has 2 radical (unpaired) electrons. The van der Waals surface area contributed by atoms with Crippen LogP contribution in [0.4, 0.5) is 50.4 Å². The van der Waals surface area contributed by atoms with Crippen molar-refractivity contribution in [3.63, 3.8) is 0 Å². The van der Waals surface area contributed by atoms with Crippen LogP contribution in [0.15, 0.2) is 0 Å². The van der Waals surface area contributed by atoms with Gasteiger partial charge in [0.1, 0.15) is 0 Å². The SMILES string of the molecule is FP(F)F.FP(F)F.FP(F)F.FP(F)F.[K].[Rh]. The molecule has 0 aliphatic carbocycles. The van der Waals surface area contributed by atoms with Gasteiger partial charge in [0.2, 0.25) is 0 Å². The second-order valence-corrected chi connectivity index (χ2v) is 2.30. The zero-order valence-electron chi connectivity index (χ0n) is 7.66. The Morgan fingerprint density at radius 1 is 0.333 bits per heavy atom. The summed E-state index contributed by atoms with van der Waals surface area (Å²) in [5.41, 5.74) is 0. The van der Waals surface area contributed by atoms with Gasteiger partial charge in [-0.2, -0.15) is 50.4 Å². The molecule has 0 amide bonds. The van der Waals surface area contributed by atoms with Crippen LogP contribution in [0.1, 0.15) is 0 Å². The minimum atomic E-state index is -4.12. The van der Waals surface area contributed by atoms with E-state index >= 15 is 0 Å². The fourth-order valence-electron chi connectivity index (χ4n) is 0. The van der Waals surface area contributed by atoms with Crippen molar-refractivity contribution in [3.05, 3.63) is 0 Å². The van der Waals surface area contributed by atoms with E-state index in [0.29, 0.717) is 0 Å². The van der Waals surface area contributed by atoms with Gasteiger partial charge in [-0.05, 0) is 0 Å². The van der Waals surface area contributed by atoms with Gasteiger partial charge in [-0.15, -0.1) is 0 Å². The topological polar surface area (TPSA) is 0 Å². The quantitative estimate of drug-likeness (QED) is 0.182. The molecule has 0 saturated heterocycles. The van der Waals surface area contributed by atoms with E-state index in [1.807, 2.05) is 0 Å². The normalized spacial score (nSPS) is 8.00. The van der Waals surface area contributed by atoms with E-state index in [2.05, 4.69) is 0 Å². The zero-order valence-corrected chi connectivity index (χ0v) is 16.0. The fourth-order valence-corrected chi connectivity index (χ4v) is 0. The average Bonchev–Trinajstić information content (AvgIpc) is 1.76. The fraction of sp³-hybridized carbons (Fsp3) is 0. The van der Waals surface area contributed by atoms with E-state index in [0.717, 1.165) is 0 Å². The van der Waals surface area contributed by atoms with Crippen molar-refractivity contribution in [1.82, 2.24) is 0 Å². The Bertz CT molecular complexity index is 67.1. The number of halogens is 12. The molecular formula is F12KP4Rh. The van der Waals surface area contributed by atoms with Crippen molar-refractivity contribution in [2.24, 2.45) is 0 Å². The molecule has 0 spiro atoms. The standard InChI is InChI=1S/4F3P.K.Rh/c4*1-4(2)3;;. The van der Waals surface area contributed by atoms with E-state index in [1.165, 1.54) is 0 Å². The summed E-state index contributed by atoms with van der Waals surface area (Å²) in [5.74, 6) is 0. The predicted molar refractivity (Wildman–Crippen MR) is 46.7 cm³/mol. The third-order valence-corrected chi connectivity index (χ3v) is 0. The minimum absolute atomic E-state index is 0. The van der Waals surface area contributed by atoms with Crippen LogP contribution in [-0.2, 0) is 19.5 Å². The summed E-state index contributed by atoms with van der Waals surface area (Å²) >= 11 is 0. The summed E-state index contributed by atoms with van der Waals surface area (Å²) < 4.78 is 117. The molecule has 0 aromatic carbocycles. The van der Waals surface area contributed by atoms with E-state index in [-0.39, 0.29) is 70.9 Å². The third-order valence-electron chi connectivity index (χ3n) is 0. The van der Waals surface area contributed by atoms with Gasteiger partial charge in [0.05, 0.1) is 0 Å². The van der Waals surface area contributed by atoms with Crippen molar-refractivity contribution in [2.45, 2.75) is 0 Å². The van der Waals surface area contributed by atoms with Crippen molar-refractivity contribution >= 4 is 86.8 Å². The van der Waals surface area contributed by atoms with Gasteiger partial charge < -0.3 is 0 Å². The van der Waals surface area contributed by atoms with Gasteiger partial charge >= 0.3 is 35.4 Å². The van der Waals surface area contributed by atoms with Crippen LogP contribution in [0, 0.1) is 0 Å². The largest absolute Gasteiger partial charge is 0.456 e. The second-order valence-electron chi connectivity index (χ2n) is 0.767. The van der Waals surface area contributed by atoms with Crippen LogP contribution in [0.25, 0.3) is 0 Å². The molecule has 0 aliphatic rings. The van der Waals surface area contributed by atoms with Crippen LogP contribution in [-0.4, -0.2) is 51.4 Å². The third kappa shape index (κ3) is 639. The molecule has 114 valence electrons. The second kappa shape index (κ2) is 32.2. The molecule has 0 heterocycles. The van der Waals surface area contributed by atoms with Crippen LogP contribution in [0.3, 0.4) is 0 Å². The molecule has 0 atom stereocenters. The summed E-state index contributed by atoms with van der Waals surface area (Å²) in [6, 6.07) is 0. The van der Waals surface area contributed by atoms with Crippen LogP contribution >= 0.6 is 35.4 Å². The Labute approximate surface area is 155 Å². The van der Waals surface area contributed by atoms with Gasteiger partial charge in [0.25, 0.3) is 0 Å². The maximum atomic E-state index is 9.73. The van der Waals surface area contributed by atoms with Gasteiger partial charge in [0.15, 0.2) is 0 Å². The molecule has 0 bridgehead atoms. The van der Waals surface area contributed by atoms with Crippen molar-refractivity contribution < 1.29 is 69.8 Å². The van der Waals surface area contributed by atoms with Crippen molar-refractivity contribution in [3.8, 4) is 0 Å². The van der Waals surface area contributed by atoms with Gasteiger partial charge in [0, 0.05) is 70.9 Å². The number of hydrogen-bond acceptors (Lipinski definition) is 0. The zero-order chi connectivity index (χ0) is 14.3. The first-order valence-electron chi connectivity index (χ1n) is 2.03. The molecular weight excluding hydrogens is 494 g/mol. The maximum absolute atomic E-state index is 9.73. The van der Waals surface area contributed by atoms with E-state index < -0.39 is 35.4 Å².